The summed E-state index contributed by atoms with van der Waals surface area (Å²) < 4.78 is 9.69. The Kier molecular flexibility index (Phi) is 4.69. The molecule has 1 aliphatic rings. The summed E-state index contributed by atoms with van der Waals surface area (Å²) in [5.74, 6) is -0.925. The van der Waals surface area contributed by atoms with Gasteiger partial charge in [-0.05, 0) is 5.56 Å². The van der Waals surface area contributed by atoms with Gasteiger partial charge in [0.2, 0.25) is 0 Å². The first-order valence-electron chi connectivity index (χ1n) is 6.09. The van der Waals surface area contributed by atoms with Gasteiger partial charge in [-0.25, -0.2) is 4.79 Å². The van der Waals surface area contributed by atoms with Crippen molar-refractivity contribution in [2.24, 2.45) is 0 Å². The average Bonchev–Trinajstić information content (AvgIpc) is 2.47. The highest BCUT2D eigenvalue weighted by Gasteiger charge is 2.46. The van der Waals surface area contributed by atoms with Crippen LogP contribution < -0.4 is 0 Å². The number of aliphatic hydroxyl groups is 4. The summed E-state index contributed by atoms with van der Waals surface area (Å²) in [6.45, 7) is -0.0268. The maximum Gasteiger partial charge on any atom is 0.338 e. The van der Waals surface area contributed by atoms with E-state index in [9.17, 15) is 25.2 Å². The molecule has 0 amide bonds. The fourth-order valence-corrected chi connectivity index (χ4v) is 1.87. The van der Waals surface area contributed by atoms with Gasteiger partial charge < -0.3 is 29.9 Å². The van der Waals surface area contributed by atoms with Crippen LogP contribution in [0.2, 0.25) is 0 Å². The molecule has 1 saturated heterocycles. The van der Waals surface area contributed by atoms with Crippen molar-refractivity contribution >= 4 is 5.97 Å². The van der Waals surface area contributed by atoms with Crippen LogP contribution in [0.5, 0.6) is 0 Å². The van der Waals surface area contributed by atoms with Crippen LogP contribution in [0.25, 0.3) is 0 Å². The van der Waals surface area contributed by atoms with Crippen LogP contribution in [0.1, 0.15) is 5.56 Å². The molecule has 110 valence electrons. The minimum Gasteiger partial charge on any atom is -0.459 e. The second-order valence-corrected chi connectivity index (χ2v) is 4.51. The predicted octanol–water partition coefficient (Wildman–Crippen LogP) is -1.47. The Morgan fingerprint density at radius 2 is 1.70 bits per heavy atom. The molecule has 0 spiro atoms. The van der Waals surface area contributed by atoms with Crippen LogP contribution in [0, 0.1) is 0 Å². The first kappa shape index (κ1) is 14.9. The molecule has 0 aliphatic carbocycles. The predicted molar refractivity (Wildman–Crippen MR) is 65.1 cm³/mol. The Morgan fingerprint density at radius 3 is 2.35 bits per heavy atom. The molecule has 7 nitrogen and oxygen atoms in total. The molecule has 4 N–H and O–H groups in total. The minimum atomic E-state index is -1.76. The van der Waals surface area contributed by atoms with E-state index in [1.54, 1.807) is 24.3 Å². The van der Waals surface area contributed by atoms with Crippen molar-refractivity contribution in [1.29, 1.82) is 0 Å². The second-order valence-electron chi connectivity index (χ2n) is 4.51. The van der Waals surface area contributed by atoms with Gasteiger partial charge in [0, 0.05) is 0 Å². The van der Waals surface area contributed by atoms with E-state index < -0.39 is 36.7 Å². The third kappa shape index (κ3) is 3.14. The quantitative estimate of drug-likeness (QED) is 0.501. The first-order chi connectivity index (χ1) is 9.50. The van der Waals surface area contributed by atoms with Gasteiger partial charge in [-0.2, -0.15) is 0 Å². The van der Waals surface area contributed by atoms with E-state index in [2.05, 4.69) is 0 Å². The van der Waals surface area contributed by atoms with Gasteiger partial charge in [0.25, 0.3) is 0 Å². The number of aliphatic hydroxyl groups excluding tert-OH is 4. The summed E-state index contributed by atoms with van der Waals surface area (Å²) >= 11 is 0. The highest BCUT2D eigenvalue weighted by molar-refractivity contribution is 5.75. The van der Waals surface area contributed by atoms with E-state index in [1.165, 1.54) is 0 Å². The Balaban J connectivity index is 1.95. The largest absolute Gasteiger partial charge is 0.459 e. The van der Waals surface area contributed by atoms with Crippen LogP contribution in [0.15, 0.2) is 30.3 Å². The van der Waals surface area contributed by atoms with Crippen molar-refractivity contribution in [3.8, 4) is 0 Å². The summed E-state index contributed by atoms with van der Waals surface area (Å²) in [5, 5.41) is 37.7. The molecule has 5 atom stereocenters. The molecule has 20 heavy (non-hydrogen) atoms. The van der Waals surface area contributed by atoms with E-state index in [0.717, 1.165) is 5.56 Å². The van der Waals surface area contributed by atoms with Crippen LogP contribution in [-0.2, 0) is 20.9 Å². The van der Waals surface area contributed by atoms with Gasteiger partial charge in [-0.3, -0.25) is 0 Å². The molecular formula is C13H16O7. The van der Waals surface area contributed by atoms with Crippen LogP contribution in [0.4, 0.5) is 0 Å². The summed E-state index contributed by atoms with van der Waals surface area (Å²) in [7, 11) is 0. The normalized spacial score (nSPS) is 33.7. The van der Waals surface area contributed by atoms with Crippen LogP contribution in [0.3, 0.4) is 0 Å². The van der Waals surface area contributed by atoms with Gasteiger partial charge in [-0.1, -0.05) is 30.3 Å². The lowest BCUT2D eigenvalue weighted by atomic mass is 9.99. The molecule has 0 radical (unpaired) electrons. The SMILES string of the molecule is O=C(OCc1ccccc1)C1O[C@@H](O)C(O)[C@@H](O)[C@@H]1O. The van der Waals surface area contributed by atoms with Gasteiger partial charge in [0.1, 0.15) is 24.9 Å². The van der Waals surface area contributed by atoms with Crippen molar-refractivity contribution in [2.75, 3.05) is 0 Å². The van der Waals surface area contributed by atoms with Crippen molar-refractivity contribution in [1.82, 2.24) is 0 Å². The molecule has 1 aromatic carbocycles. The lowest BCUT2D eigenvalue weighted by Crippen LogP contribution is -2.59. The van der Waals surface area contributed by atoms with Crippen molar-refractivity contribution in [3.05, 3.63) is 35.9 Å². The van der Waals surface area contributed by atoms with E-state index in [1.807, 2.05) is 6.07 Å². The minimum absolute atomic E-state index is 0.0268. The summed E-state index contributed by atoms with van der Waals surface area (Å²) in [5.41, 5.74) is 0.743. The van der Waals surface area contributed by atoms with Crippen molar-refractivity contribution < 1.29 is 34.7 Å². The van der Waals surface area contributed by atoms with E-state index in [0.29, 0.717) is 0 Å². The lowest BCUT2D eigenvalue weighted by molar-refractivity contribution is -0.281. The van der Waals surface area contributed by atoms with E-state index in [-0.39, 0.29) is 6.61 Å². The molecule has 1 heterocycles. The second kappa shape index (κ2) is 6.29. The van der Waals surface area contributed by atoms with Crippen molar-refractivity contribution in [2.45, 2.75) is 37.3 Å². The fraction of sp³-hybridized carbons (Fsp3) is 0.462. The number of benzene rings is 1. The van der Waals surface area contributed by atoms with Crippen LogP contribution in [-0.4, -0.2) is 57.1 Å². The van der Waals surface area contributed by atoms with Crippen molar-refractivity contribution in [3.63, 3.8) is 0 Å². The Morgan fingerprint density at radius 1 is 1.05 bits per heavy atom. The van der Waals surface area contributed by atoms with Crippen LogP contribution >= 0.6 is 0 Å². The maximum atomic E-state index is 11.8. The summed E-state index contributed by atoms with van der Waals surface area (Å²) in [6, 6.07) is 8.86. The smallest absolute Gasteiger partial charge is 0.338 e. The molecule has 2 unspecified atom stereocenters. The molecule has 0 bridgehead atoms. The number of hydrogen-bond donors (Lipinski definition) is 4. The molecule has 1 fully saturated rings. The number of ether oxygens (including phenoxy) is 2. The molecule has 2 rings (SSSR count). The highest BCUT2D eigenvalue weighted by atomic mass is 16.7. The maximum absolute atomic E-state index is 11.8. The monoisotopic (exact) mass is 284 g/mol. The standard InChI is InChI=1S/C13H16O7/c14-8-9(15)11(20-12(17)10(8)16)13(18)19-6-7-4-2-1-3-5-7/h1-5,8-12,14-17H,6H2/t8-,9-,10?,11?,12+/m0/s1. The number of rotatable bonds is 3. The first-order valence-corrected chi connectivity index (χ1v) is 6.09. The van der Waals surface area contributed by atoms with Gasteiger partial charge in [0.05, 0.1) is 0 Å². The van der Waals surface area contributed by atoms with E-state index in [4.69, 9.17) is 9.47 Å². The number of esters is 1. The Labute approximate surface area is 115 Å². The zero-order chi connectivity index (χ0) is 14.7. The zero-order valence-electron chi connectivity index (χ0n) is 10.5. The topological polar surface area (TPSA) is 116 Å². The number of carbonyl (C=O) groups excluding carboxylic acids is 1. The molecular weight excluding hydrogens is 268 g/mol. The highest BCUT2D eigenvalue weighted by Crippen LogP contribution is 2.21. The van der Waals surface area contributed by atoms with E-state index >= 15 is 0 Å². The third-order valence-corrected chi connectivity index (χ3v) is 3.04. The van der Waals surface area contributed by atoms with Gasteiger partial charge in [0.15, 0.2) is 12.4 Å². The summed E-state index contributed by atoms with van der Waals surface area (Å²) in [6.07, 6.45) is -8.34. The number of carbonyl (C=O) groups is 1. The molecule has 0 aromatic heterocycles. The molecule has 7 heteroatoms. The molecule has 0 saturated carbocycles. The molecule has 1 aromatic rings. The van der Waals surface area contributed by atoms with Gasteiger partial charge >= 0.3 is 5.97 Å². The Bertz CT molecular complexity index is 449. The number of hydrogen-bond acceptors (Lipinski definition) is 7. The summed E-state index contributed by atoms with van der Waals surface area (Å²) in [4.78, 5) is 11.8. The lowest BCUT2D eigenvalue weighted by Gasteiger charge is -2.36. The average molecular weight is 284 g/mol. The molecule has 1 aliphatic heterocycles. The zero-order valence-corrected chi connectivity index (χ0v) is 10.5. The third-order valence-electron chi connectivity index (χ3n) is 3.04. The Hall–Kier alpha value is -1.51. The fourth-order valence-electron chi connectivity index (χ4n) is 1.87. The van der Waals surface area contributed by atoms with Gasteiger partial charge in [-0.15, -0.1) is 0 Å².